The summed E-state index contributed by atoms with van der Waals surface area (Å²) in [6.45, 7) is 2.00. The largest absolute Gasteiger partial charge is 0.462 e. The third-order valence-electron chi connectivity index (χ3n) is 4.23. The van der Waals surface area contributed by atoms with Crippen LogP contribution in [-0.4, -0.2) is 27.3 Å². The second-order valence-electron chi connectivity index (χ2n) is 5.90. The van der Waals surface area contributed by atoms with Gasteiger partial charge in [0.1, 0.15) is 5.82 Å². The van der Waals surface area contributed by atoms with Crippen molar-refractivity contribution in [3.8, 4) is 16.8 Å². The number of hydrogen-bond acceptors (Lipinski definition) is 4. The van der Waals surface area contributed by atoms with Gasteiger partial charge >= 0.3 is 5.97 Å². The normalized spacial score (nSPS) is 10.9. The Balaban J connectivity index is 1.98. The minimum atomic E-state index is -0.473. The van der Waals surface area contributed by atoms with Gasteiger partial charge in [-0.3, -0.25) is 0 Å². The van der Waals surface area contributed by atoms with Crippen molar-refractivity contribution in [3.63, 3.8) is 0 Å². The lowest BCUT2D eigenvalue weighted by molar-refractivity contribution is 0.0527. The van der Waals surface area contributed by atoms with Crippen molar-refractivity contribution < 1.29 is 13.9 Å². The molecule has 134 valence electrons. The summed E-state index contributed by atoms with van der Waals surface area (Å²) in [6, 6.07) is 15.6. The number of esters is 1. The Labute approximate surface area is 155 Å². The molecule has 0 aliphatic rings. The van der Waals surface area contributed by atoms with E-state index in [1.54, 1.807) is 29.9 Å². The van der Waals surface area contributed by atoms with Gasteiger partial charge in [0.05, 0.1) is 24.1 Å². The number of rotatable bonds is 4. The molecule has 4 rings (SSSR count). The molecule has 27 heavy (non-hydrogen) atoms. The summed E-state index contributed by atoms with van der Waals surface area (Å²) in [5.74, 6) is -0.819. The second kappa shape index (κ2) is 6.99. The predicted molar refractivity (Wildman–Crippen MR) is 100 cm³/mol. The number of nitrogens with zero attached hydrogens (tertiary/aromatic N) is 3. The molecule has 0 fully saturated rings. The van der Waals surface area contributed by atoms with Crippen molar-refractivity contribution in [2.75, 3.05) is 6.61 Å². The van der Waals surface area contributed by atoms with E-state index in [0.29, 0.717) is 27.7 Å². The van der Waals surface area contributed by atoms with E-state index in [1.165, 1.54) is 18.3 Å². The number of ether oxygens (including phenoxy) is 1. The van der Waals surface area contributed by atoms with Gasteiger partial charge in [-0.25, -0.2) is 18.9 Å². The van der Waals surface area contributed by atoms with Gasteiger partial charge in [0.2, 0.25) is 0 Å². The third kappa shape index (κ3) is 3.06. The SMILES string of the molecule is CCOC(=O)c1cnc2c(cnn2-c2ccccc2)c1-c1ccc(F)cc1. The average molecular weight is 361 g/mol. The van der Waals surface area contributed by atoms with E-state index < -0.39 is 5.97 Å². The monoisotopic (exact) mass is 361 g/mol. The van der Waals surface area contributed by atoms with Crippen LogP contribution in [0, 0.1) is 5.82 Å². The number of fused-ring (bicyclic) bond motifs is 1. The summed E-state index contributed by atoms with van der Waals surface area (Å²) in [5, 5.41) is 5.13. The first kappa shape index (κ1) is 16.9. The molecular weight excluding hydrogens is 345 g/mol. The molecule has 0 bridgehead atoms. The molecule has 0 amide bonds. The lowest BCUT2D eigenvalue weighted by atomic mass is 9.98. The Kier molecular flexibility index (Phi) is 4.38. The van der Waals surface area contributed by atoms with E-state index in [4.69, 9.17) is 4.74 Å². The molecule has 0 N–H and O–H groups in total. The van der Waals surface area contributed by atoms with Crippen LogP contribution >= 0.6 is 0 Å². The van der Waals surface area contributed by atoms with Gasteiger partial charge in [-0.15, -0.1) is 0 Å². The van der Waals surface area contributed by atoms with Gasteiger partial charge in [-0.1, -0.05) is 30.3 Å². The molecule has 0 saturated carbocycles. The van der Waals surface area contributed by atoms with Crippen molar-refractivity contribution in [1.82, 2.24) is 14.8 Å². The molecule has 0 spiro atoms. The number of aromatic nitrogens is 3. The Hall–Kier alpha value is -3.54. The standard InChI is InChI=1S/C21H16FN3O2/c1-2-27-21(26)18-12-23-20-17(19(18)14-8-10-15(22)11-9-14)13-24-25(20)16-6-4-3-5-7-16/h3-13H,2H2,1H3. The molecule has 0 aliphatic heterocycles. The first-order chi connectivity index (χ1) is 13.2. The summed E-state index contributed by atoms with van der Waals surface area (Å²) < 4.78 is 20.3. The van der Waals surface area contributed by atoms with E-state index in [2.05, 4.69) is 10.1 Å². The van der Waals surface area contributed by atoms with E-state index in [1.807, 2.05) is 30.3 Å². The first-order valence-corrected chi connectivity index (χ1v) is 8.54. The maximum absolute atomic E-state index is 13.4. The summed E-state index contributed by atoms with van der Waals surface area (Å²) >= 11 is 0. The van der Waals surface area contributed by atoms with E-state index >= 15 is 0 Å². The molecule has 4 aromatic rings. The van der Waals surface area contributed by atoms with E-state index in [9.17, 15) is 9.18 Å². The Morgan fingerprint density at radius 1 is 1.07 bits per heavy atom. The zero-order valence-corrected chi connectivity index (χ0v) is 14.6. The van der Waals surface area contributed by atoms with Gasteiger partial charge in [-0.2, -0.15) is 5.10 Å². The first-order valence-electron chi connectivity index (χ1n) is 8.54. The minimum Gasteiger partial charge on any atom is -0.462 e. The lowest BCUT2D eigenvalue weighted by Gasteiger charge is -2.11. The molecule has 2 aromatic heterocycles. The number of hydrogen-bond donors (Lipinski definition) is 0. The predicted octanol–water partition coefficient (Wildman–Crippen LogP) is 4.40. The molecule has 2 aromatic carbocycles. The van der Waals surface area contributed by atoms with Gasteiger partial charge in [0.25, 0.3) is 0 Å². The van der Waals surface area contributed by atoms with Crippen LogP contribution < -0.4 is 0 Å². The quantitative estimate of drug-likeness (QED) is 0.506. The van der Waals surface area contributed by atoms with Crippen LogP contribution in [0.2, 0.25) is 0 Å². The molecular formula is C21H16FN3O2. The van der Waals surface area contributed by atoms with Crippen molar-refractivity contribution >= 4 is 17.0 Å². The van der Waals surface area contributed by atoms with Crippen molar-refractivity contribution in [2.45, 2.75) is 6.92 Å². The summed E-state index contributed by atoms with van der Waals surface area (Å²) in [4.78, 5) is 16.9. The van der Waals surface area contributed by atoms with Crippen LogP contribution in [-0.2, 0) is 4.74 Å². The highest BCUT2D eigenvalue weighted by molar-refractivity contribution is 6.06. The fraction of sp³-hybridized carbons (Fsp3) is 0.0952. The number of halogens is 1. The van der Waals surface area contributed by atoms with Crippen LogP contribution in [0.4, 0.5) is 4.39 Å². The molecule has 0 saturated heterocycles. The maximum atomic E-state index is 13.4. The zero-order valence-electron chi connectivity index (χ0n) is 14.6. The van der Waals surface area contributed by atoms with Gasteiger partial charge < -0.3 is 4.74 Å². The van der Waals surface area contributed by atoms with Crippen molar-refractivity contribution in [3.05, 3.63) is 78.4 Å². The fourth-order valence-corrected chi connectivity index (χ4v) is 3.03. The van der Waals surface area contributed by atoms with Crippen LogP contribution in [0.5, 0.6) is 0 Å². The molecule has 2 heterocycles. The number of carbonyl (C=O) groups is 1. The number of para-hydroxylation sites is 1. The summed E-state index contributed by atoms with van der Waals surface area (Å²) in [6.07, 6.45) is 3.15. The highest BCUT2D eigenvalue weighted by atomic mass is 19.1. The lowest BCUT2D eigenvalue weighted by Crippen LogP contribution is -2.08. The van der Waals surface area contributed by atoms with Crippen molar-refractivity contribution in [1.29, 1.82) is 0 Å². The third-order valence-corrected chi connectivity index (χ3v) is 4.23. The molecule has 0 atom stereocenters. The number of benzene rings is 2. The van der Waals surface area contributed by atoms with Gasteiger partial charge in [0.15, 0.2) is 5.65 Å². The van der Waals surface area contributed by atoms with Gasteiger partial charge in [-0.05, 0) is 36.8 Å². The van der Waals surface area contributed by atoms with Crippen LogP contribution in [0.1, 0.15) is 17.3 Å². The Morgan fingerprint density at radius 2 is 1.81 bits per heavy atom. The molecule has 0 unspecified atom stereocenters. The fourth-order valence-electron chi connectivity index (χ4n) is 3.03. The van der Waals surface area contributed by atoms with Crippen LogP contribution in [0.25, 0.3) is 27.8 Å². The van der Waals surface area contributed by atoms with E-state index in [-0.39, 0.29) is 12.4 Å². The molecule has 6 heteroatoms. The molecule has 0 aliphatic carbocycles. The van der Waals surface area contributed by atoms with Crippen molar-refractivity contribution in [2.24, 2.45) is 0 Å². The Bertz CT molecular complexity index is 1110. The zero-order chi connectivity index (χ0) is 18.8. The van der Waals surface area contributed by atoms with E-state index in [0.717, 1.165) is 5.69 Å². The average Bonchev–Trinajstić information content (AvgIpc) is 3.13. The molecule has 0 radical (unpaired) electrons. The summed E-state index contributed by atoms with van der Waals surface area (Å²) in [7, 11) is 0. The van der Waals surface area contributed by atoms with Crippen LogP contribution in [0.3, 0.4) is 0 Å². The summed E-state index contributed by atoms with van der Waals surface area (Å²) in [5.41, 5.74) is 3.10. The van der Waals surface area contributed by atoms with Gasteiger partial charge in [0, 0.05) is 17.1 Å². The second-order valence-corrected chi connectivity index (χ2v) is 5.90. The number of carbonyl (C=O) groups excluding carboxylic acids is 1. The highest BCUT2D eigenvalue weighted by Gasteiger charge is 2.20. The maximum Gasteiger partial charge on any atom is 0.340 e. The minimum absolute atomic E-state index is 0.253. The van der Waals surface area contributed by atoms with Crippen LogP contribution in [0.15, 0.2) is 67.0 Å². The number of pyridine rings is 1. The topological polar surface area (TPSA) is 57.0 Å². The highest BCUT2D eigenvalue weighted by Crippen LogP contribution is 2.32. The molecule has 5 nitrogen and oxygen atoms in total. The Morgan fingerprint density at radius 3 is 2.52 bits per heavy atom. The smallest absolute Gasteiger partial charge is 0.340 e.